The van der Waals surface area contributed by atoms with E-state index in [2.05, 4.69) is 34.0 Å². The van der Waals surface area contributed by atoms with Crippen molar-refractivity contribution in [2.45, 2.75) is 26.9 Å². The highest BCUT2D eigenvalue weighted by Crippen LogP contribution is 2.15. The van der Waals surface area contributed by atoms with E-state index in [9.17, 15) is 5.11 Å². The molecule has 0 saturated heterocycles. The lowest BCUT2D eigenvalue weighted by Crippen LogP contribution is -2.36. The molecular weight excluding hydrogens is 409 g/mol. The SMILES string of the molecule is CCNC(=NCc1cccc(O)c1)NCc1sccc1C.I. The molecule has 0 fully saturated rings. The Hall–Kier alpha value is -1.28. The molecule has 0 aliphatic rings. The van der Waals surface area contributed by atoms with Gasteiger partial charge in [0.25, 0.3) is 0 Å². The Bertz CT molecular complexity index is 613. The number of nitrogens with one attached hydrogen (secondary N) is 2. The minimum Gasteiger partial charge on any atom is -0.508 e. The highest BCUT2D eigenvalue weighted by atomic mass is 127. The number of thiophene rings is 1. The predicted octanol–water partition coefficient (Wildman–Crippen LogP) is 3.64. The van der Waals surface area contributed by atoms with Crippen LogP contribution in [0, 0.1) is 6.92 Å². The Labute approximate surface area is 152 Å². The third kappa shape index (κ3) is 5.84. The maximum atomic E-state index is 9.46. The number of rotatable bonds is 5. The zero-order chi connectivity index (χ0) is 15.1. The smallest absolute Gasteiger partial charge is 0.191 e. The van der Waals surface area contributed by atoms with Crippen LogP contribution < -0.4 is 10.6 Å². The summed E-state index contributed by atoms with van der Waals surface area (Å²) in [6, 6.07) is 9.30. The van der Waals surface area contributed by atoms with Gasteiger partial charge in [0, 0.05) is 11.4 Å². The van der Waals surface area contributed by atoms with Crippen LogP contribution in [0.3, 0.4) is 0 Å². The molecule has 1 aromatic carbocycles. The summed E-state index contributed by atoms with van der Waals surface area (Å²) in [6.07, 6.45) is 0. The summed E-state index contributed by atoms with van der Waals surface area (Å²) < 4.78 is 0. The van der Waals surface area contributed by atoms with Crippen molar-refractivity contribution >= 4 is 41.3 Å². The number of benzene rings is 1. The lowest BCUT2D eigenvalue weighted by molar-refractivity contribution is 0.474. The molecule has 4 nitrogen and oxygen atoms in total. The number of hydrogen-bond acceptors (Lipinski definition) is 3. The van der Waals surface area contributed by atoms with E-state index in [1.807, 2.05) is 19.1 Å². The van der Waals surface area contributed by atoms with E-state index in [1.54, 1.807) is 23.5 Å². The van der Waals surface area contributed by atoms with Crippen molar-refractivity contribution in [2.75, 3.05) is 6.54 Å². The second-order valence-electron chi connectivity index (χ2n) is 4.75. The number of aromatic hydroxyl groups is 1. The summed E-state index contributed by atoms with van der Waals surface area (Å²) in [5, 5.41) is 18.1. The predicted molar refractivity (Wildman–Crippen MR) is 104 cm³/mol. The van der Waals surface area contributed by atoms with Crippen molar-refractivity contribution < 1.29 is 5.11 Å². The van der Waals surface area contributed by atoms with Crippen LogP contribution in [0.2, 0.25) is 0 Å². The Kier molecular flexibility index (Phi) is 8.26. The van der Waals surface area contributed by atoms with Crippen LogP contribution in [-0.2, 0) is 13.1 Å². The van der Waals surface area contributed by atoms with Gasteiger partial charge in [0.05, 0.1) is 13.1 Å². The molecule has 0 aliphatic heterocycles. The molecule has 0 radical (unpaired) electrons. The molecule has 1 aromatic heterocycles. The van der Waals surface area contributed by atoms with Crippen molar-refractivity contribution in [2.24, 2.45) is 4.99 Å². The zero-order valence-corrected chi connectivity index (χ0v) is 15.9. The van der Waals surface area contributed by atoms with E-state index >= 15 is 0 Å². The first-order chi connectivity index (χ1) is 10.2. The largest absolute Gasteiger partial charge is 0.508 e. The van der Waals surface area contributed by atoms with Gasteiger partial charge in [0.2, 0.25) is 0 Å². The van der Waals surface area contributed by atoms with Gasteiger partial charge in [0.15, 0.2) is 5.96 Å². The van der Waals surface area contributed by atoms with Crippen LogP contribution in [0.4, 0.5) is 0 Å². The third-order valence-electron chi connectivity index (χ3n) is 3.06. The summed E-state index contributed by atoms with van der Waals surface area (Å²) in [5.41, 5.74) is 2.29. The lowest BCUT2D eigenvalue weighted by Gasteiger charge is -2.11. The Balaban J connectivity index is 0.00000242. The minimum atomic E-state index is 0. The first kappa shape index (κ1) is 18.8. The van der Waals surface area contributed by atoms with Gasteiger partial charge in [-0.15, -0.1) is 35.3 Å². The molecule has 22 heavy (non-hydrogen) atoms. The normalized spacial score (nSPS) is 10.9. The maximum absolute atomic E-state index is 9.46. The number of nitrogens with zero attached hydrogens (tertiary/aromatic N) is 1. The molecule has 0 aliphatic carbocycles. The highest BCUT2D eigenvalue weighted by molar-refractivity contribution is 14.0. The average Bonchev–Trinajstić information content (AvgIpc) is 2.87. The van der Waals surface area contributed by atoms with Gasteiger partial charge in [-0.3, -0.25) is 0 Å². The Morgan fingerprint density at radius 2 is 2.09 bits per heavy atom. The fourth-order valence-electron chi connectivity index (χ4n) is 1.92. The number of halogens is 1. The van der Waals surface area contributed by atoms with E-state index in [1.165, 1.54) is 10.4 Å². The van der Waals surface area contributed by atoms with Crippen molar-refractivity contribution in [1.29, 1.82) is 0 Å². The van der Waals surface area contributed by atoms with Gasteiger partial charge in [-0.1, -0.05) is 12.1 Å². The fourth-order valence-corrected chi connectivity index (χ4v) is 2.76. The molecular formula is C16H22IN3OS. The highest BCUT2D eigenvalue weighted by Gasteiger charge is 2.02. The molecule has 2 aromatic rings. The molecule has 1 heterocycles. The quantitative estimate of drug-likeness (QED) is 0.385. The van der Waals surface area contributed by atoms with E-state index in [4.69, 9.17) is 0 Å². The topological polar surface area (TPSA) is 56.7 Å². The molecule has 0 amide bonds. The van der Waals surface area contributed by atoms with Gasteiger partial charge in [-0.25, -0.2) is 4.99 Å². The van der Waals surface area contributed by atoms with Gasteiger partial charge >= 0.3 is 0 Å². The van der Waals surface area contributed by atoms with E-state index < -0.39 is 0 Å². The minimum absolute atomic E-state index is 0. The van der Waals surface area contributed by atoms with Crippen molar-refractivity contribution in [3.8, 4) is 5.75 Å². The van der Waals surface area contributed by atoms with Gasteiger partial charge in [-0.05, 0) is 48.6 Å². The number of phenolic OH excluding ortho intramolecular Hbond substituents is 1. The standard InChI is InChI=1S/C16H21N3OS.HI/c1-3-17-16(19-11-15-12(2)7-8-21-15)18-10-13-5-4-6-14(20)9-13;/h4-9,20H,3,10-11H2,1-2H3,(H2,17,18,19);1H. The number of phenols is 1. The number of aliphatic imine (C=N–C) groups is 1. The van der Waals surface area contributed by atoms with Crippen LogP contribution in [0.1, 0.15) is 22.9 Å². The van der Waals surface area contributed by atoms with Crippen molar-refractivity contribution in [3.05, 3.63) is 51.7 Å². The van der Waals surface area contributed by atoms with Crippen molar-refractivity contribution in [3.63, 3.8) is 0 Å². The first-order valence-electron chi connectivity index (χ1n) is 7.02. The van der Waals surface area contributed by atoms with E-state index in [0.717, 1.165) is 24.6 Å². The molecule has 0 saturated carbocycles. The molecule has 0 spiro atoms. The number of guanidine groups is 1. The first-order valence-corrected chi connectivity index (χ1v) is 7.90. The van der Waals surface area contributed by atoms with Crippen LogP contribution in [-0.4, -0.2) is 17.6 Å². The summed E-state index contributed by atoms with van der Waals surface area (Å²) in [7, 11) is 0. The van der Waals surface area contributed by atoms with Gasteiger partial charge in [-0.2, -0.15) is 0 Å². The summed E-state index contributed by atoms with van der Waals surface area (Å²) >= 11 is 1.75. The van der Waals surface area contributed by atoms with Crippen LogP contribution in [0.25, 0.3) is 0 Å². The molecule has 6 heteroatoms. The summed E-state index contributed by atoms with van der Waals surface area (Å²) in [6.45, 7) is 6.28. The Morgan fingerprint density at radius 3 is 2.73 bits per heavy atom. The van der Waals surface area contributed by atoms with Crippen LogP contribution >= 0.6 is 35.3 Å². The van der Waals surface area contributed by atoms with Crippen LogP contribution in [0.15, 0.2) is 40.7 Å². The summed E-state index contributed by atoms with van der Waals surface area (Å²) in [4.78, 5) is 5.86. The van der Waals surface area contributed by atoms with E-state index in [0.29, 0.717) is 6.54 Å². The van der Waals surface area contributed by atoms with Crippen molar-refractivity contribution in [1.82, 2.24) is 10.6 Å². The molecule has 2 rings (SSSR count). The molecule has 3 N–H and O–H groups in total. The zero-order valence-electron chi connectivity index (χ0n) is 12.8. The lowest BCUT2D eigenvalue weighted by atomic mass is 10.2. The number of hydrogen-bond donors (Lipinski definition) is 3. The molecule has 0 bridgehead atoms. The van der Waals surface area contributed by atoms with E-state index in [-0.39, 0.29) is 29.7 Å². The average molecular weight is 431 g/mol. The second kappa shape index (κ2) is 9.68. The molecule has 0 atom stereocenters. The summed E-state index contributed by atoms with van der Waals surface area (Å²) in [5.74, 6) is 1.06. The number of aryl methyl sites for hydroxylation is 1. The Morgan fingerprint density at radius 1 is 1.27 bits per heavy atom. The maximum Gasteiger partial charge on any atom is 0.191 e. The van der Waals surface area contributed by atoms with Gasteiger partial charge in [0.1, 0.15) is 5.75 Å². The molecule has 120 valence electrons. The van der Waals surface area contributed by atoms with Gasteiger partial charge < -0.3 is 15.7 Å². The fraction of sp³-hybridized carbons (Fsp3) is 0.312. The molecule has 0 unspecified atom stereocenters. The second-order valence-corrected chi connectivity index (χ2v) is 5.75. The monoisotopic (exact) mass is 431 g/mol. The third-order valence-corrected chi connectivity index (χ3v) is 4.08. The van der Waals surface area contributed by atoms with Crippen LogP contribution in [0.5, 0.6) is 5.75 Å².